The molecule has 1 amide bonds. The highest BCUT2D eigenvalue weighted by Crippen LogP contribution is 2.34. The Balaban J connectivity index is 0.00000196. The molecule has 2 aliphatic heterocycles. The quantitative estimate of drug-likeness (QED) is 0.829. The Morgan fingerprint density at radius 3 is 3.04 bits per heavy atom. The zero-order chi connectivity index (χ0) is 17.2. The van der Waals surface area contributed by atoms with Crippen LogP contribution in [-0.2, 0) is 11.8 Å². The lowest BCUT2D eigenvalue weighted by atomic mass is 10.1. The summed E-state index contributed by atoms with van der Waals surface area (Å²) in [7, 11) is 1.97. The lowest BCUT2D eigenvalue weighted by Crippen LogP contribution is -2.49. The van der Waals surface area contributed by atoms with Crippen LogP contribution < -0.4 is 20.1 Å². The summed E-state index contributed by atoms with van der Waals surface area (Å²) in [6.07, 6.45) is 3.71. The van der Waals surface area contributed by atoms with Crippen molar-refractivity contribution in [2.75, 3.05) is 38.3 Å². The molecule has 0 spiro atoms. The van der Waals surface area contributed by atoms with Crippen molar-refractivity contribution in [2.45, 2.75) is 6.04 Å². The minimum atomic E-state index is -0.0556. The van der Waals surface area contributed by atoms with Crippen LogP contribution in [0, 0.1) is 0 Å². The minimum Gasteiger partial charge on any atom is -0.454 e. The van der Waals surface area contributed by atoms with Gasteiger partial charge in [0.25, 0.3) is 0 Å². The van der Waals surface area contributed by atoms with Gasteiger partial charge in [0.05, 0.1) is 12.6 Å². The van der Waals surface area contributed by atoms with Gasteiger partial charge in [-0.05, 0) is 12.1 Å². The molecule has 4 rings (SSSR count). The number of ether oxygens (including phenoxy) is 2. The van der Waals surface area contributed by atoms with E-state index in [0.717, 1.165) is 25.5 Å². The molecule has 0 radical (unpaired) electrons. The summed E-state index contributed by atoms with van der Waals surface area (Å²) in [5.41, 5.74) is 0.706. The largest absolute Gasteiger partial charge is 0.454 e. The average molecular weight is 380 g/mol. The predicted molar refractivity (Wildman–Crippen MR) is 98.8 cm³/mol. The molecule has 1 unspecified atom stereocenters. The highest BCUT2D eigenvalue weighted by atomic mass is 35.5. The SMILES string of the molecule is Cl.Cn1ccnc1C1CNCCN1CC(=O)Nc1ccc2c(c1)OCO2. The van der Waals surface area contributed by atoms with E-state index in [2.05, 4.69) is 20.5 Å². The first-order valence-electron chi connectivity index (χ1n) is 8.32. The van der Waals surface area contributed by atoms with Gasteiger partial charge in [-0.25, -0.2) is 4.98 Å². The van der Waals surface area contributed by atoms with E-state index in [4.69, 9.17) is 9.47 Å². The summed E-state index contributed by atoms with van der Waals surface area (Å²) in [5.74, 6) is 2.27. The first-order valence-corrected chi connectivity index (χ1v) is 8.32. The Bertz CT molecular complexity index is 782. The van der Waals surface area contributed by atoms with Gasteiger partial charge in [-0.15, -0.1) is 12.4 Å². The number of carbonyl (C=O) groups is 1. The van der Waals surface area contributed by atoms with E-state index in [0.29, 0.717) is 23.7 Å². The van der Waals surface area contributed by atoms with Gasteiger partial charge >= 0.3 is 0 Å². The van der Waals surface area contributed by atoms with E-state index in [1.165, 1.54) is 0 Å². The van der Waals surface area contributed by atoms with Crippen molar-refractivity contribution < 1.29 is 14.3 Å². The highest BCUT2D eigenvalue weighted by Gasteiger charge is 2.28. The van der Waals surface area contributed by atoms with Crippen molar-refractivity contribution in [3.05, 3.63) is 36.4 Å². The van der Waals surface area contributed by atoms with E-state index in [1.807, 2.05) is 23.9 Å². The molecular formula is C17H22ClN5O3. The summed E-state index contributed by atoms with van der Waals surface area (Å²) in [5, 5.41) is 6.31. The second-order valence-electron chi connectivity index (χ2n) is 6.20. The number of imidazole rings is 1. The molecule has 1 atom stereocenters. The van der Waals surface area contributed by atoms with E-state index in [-0.39, 0.29) is 31.1 Å². The molecule has 1 aromatic heterocycles. The zero-order valence-corrected chi connectivity index (χ0v) is 15.3. The fourth-order valence-electron chi connectivity index (χ4n) is 3.25. The van der Waals surface area contributed by atoms with Gasteiger partial charge in [-0.3, -0.25) is 9.69 Å². The van der Waals surface area contributed by atoms with Crippen molar-refractivity contribution in [2.24, 2.45) is 7.05 Å². The van der Waals surface area contributed by atoms with Gasteiger partial charge < -0.3 is 24.7 Å². The fourth-order valence-corrected chi connectivity index (χ4v) is 3.25. The number of aryl methyl sites for hydroxylation is 1. The van der Waals surface area contributed by atoms with E-state index >= 15 is 0 Å². The maximum Gasteiger partial charge on any atom is 0.238 e. The number of piperazine rings is 1. The van der Waals surface area contributed by atoms with Crippen LogP contribution in [0.25, 0.3) is 0 Å². The maximum absolute atomic E-state index is 12.5. The molecule has 26 heavy (non-hydrogen) atoms. The number of fused-ring (bicyclic) bond motifs is 1. The Kier molecular flexibility index (Phi) is 5.65. The number of halogens is 1. The highest BCUT2D eigenvalue weighted by molar-refractivity contribution is 5.92. The molecule has 8 nitrogen and oxygen atoms in total. The molecule has 0 saturated carbocycles. The summed E-state index contributed by atoms with van der Waals surface area (Å²) in [4.78, 5) is 19.1. The molecule has 1 saturated heterocycles. The van der Waals surface area contributed by atoms with E-state index < -0.39 is 0 Å². The number of rotatable bonds is 4. The summed E-state index contributed by atoms with van der Waals surface area (Å²) < 4.78 is 12.6. The molecule has 2 aromatic rings. The number of hydrogen-bond donors (Lipinski definition) is 2. The van der Waals surface area contributed by atoms with Crippen molar-refractivity contribution in [3.8, 4) is 11.5 Å². The third-order valence-electron chi connectivity index (χ3n) is 4.51. The smallest absolute Gasteiger partial charge is 0.238 e. The molecule has 0 bridgehead atoms. The van der Waals surface area contributed by atoms with Crippen LogP contribution in [-0.4, -0.2) is 53.3 Å². The first-order chi connectivity index (χ1) is 12.2. The molecule has 1 aromatic carbocycles. The fraction of sp³-hybridized carbons (Fsp3) is 0.412. The number of carbonyl (C=O) groups excluding carboxylic acids is 1. The Morgan fingerprint density at radius 2 is 2.23 bits per heavy atom. The molecule has 3 heterocycles. The van der Waals surface area contributed by atoms with Crippen LogP contribution in [0.3, 0.4) is 0 Å². The average Bonchev–Trinajstić information content (AvgIpc) is 3.23. The standard InChI is InChI=1S/C17H21N5O3.ClH/c1-21-6-5-19-17(21)13-9-18-4-7-22(13)10-16(23)20-12-2-3-14-15(8-12)25-11-24-14;/h2-3,5-6,8,13,18H,4,7,9-11H2,1H3,(H,20,23);1H. The summed E-state index contributed by atoms with van der Waals surface area (Å²) >= 11 is 0. The molecule has 2 aliphatic rings. The summed E-state index contributed by atoms with van der Waals surface area (Å²) in [6, 6.07) is 5.49. The zero-order valence-electron chi connectivity index (χ0n) is 14.5. The van der Waals surface area contributed by atoms with Gasteiger partial charge in [0.2, 0.25) is 12.7 Å². The second-order valence-corrected chi connectivity index (χ2v) is 6.20. The van der Waals surface area contributed by atoms with Crippen molar-refractivity contribution in [1.82, 2.24) is 19.8 Å². The normalized spacial score (nSPS) is 19.0. The Labute approximate surface area is 157 Å². The van der Waals surface area contributed by atoms with Gasteiger partial charge in [0, 0.05) is 50.8 Å². The van der Waals surface area contributed by atoms with Crippen LogP contribution in [0.2, 0.25) is 0 Å². The van der Waals surface area contributed by atoms with Crippen LogP contribution in [0.5, 0.6) is 11.5 Å². The van der Waals surface area contributed by atoms with Gasteiger partial charge in [-0.2, -0.15) is 0 Å². The number of nitrogens with one attached hydrogen (secondary N) is 2. The van der Waals surface area contributed by atoms with Gasteiger partial charge in [-0.1, -0.05) is 0 Å². The number of benzene rings is 1. The lowest BCUT2D eigenvalue weighted by Gasteiger charge is -2.35. The molecular weight excluding hydrogens is 358 g/mol. The minimum absolute atomic E-state index is 0. The number of nitrogens with zero attached hydrogens (tertiary/aromatic N) is 3. The number of hydrogen-bond acceptors (Lipinski definition) is 6. The third-order valence-corrected chi connectivity index (χ3v) is 4.51. The molecule has 2 N–H and O–H groups in total. The second kappa shape index (κ2) is 7.94. The molecule has 140 valence electrons. The van der Waals surface area contributed by atoms with E-state index in [9.17, 15) is 4.79 Å². The topological polar surface area (TPSA) is 80.7 Å². The monoisotopic (exact) mass is 379 g/mol. The van der Waals surface area contributed by atoms with E-state index in [1.54, 1.807) is 18.3 Å². The van der Waals surface area contributed by atoms with Crippen molar-refractivity contribution >= 4 is 24.0 Å². The van der Waals surface area contributed by atoms with Gasteiger partial charge in [0.1, 0.15) is 5.82 Å². The van der Waals surface area contributed by atoms with Crippen molar-refractivity contribution in [3.63, 3.8) is 0 Å². The van der Waals surface area contributed by atoms with Gasteiger partial charge in [0.15, 0.2) is 11.5 Å². The summed E-state index contributed by atoms with van der Waals surface area (Å²) in [6.45, 7) is 2.97. The lowest BCUT2D eigenvalue weighted by molar-refractivity contribution is -0.118. The molecule has 9 heteroatoms. The van der Waals surface area contributed by atoms with Crippen molar-refractivity contribution in [1.29, 1.82) is 0 Å². The maximum atomic E-state index is 12.5. The van der Waals surface area contributed by atoms with Crippen LogP contribution >= 0.6 is 12.4 Å². The Hall–Kier alpha value is -2.29. The molecule has 0 aliphatic carbocycles. The number of anilines is 1. The predicted octanol–water partition coefficient (Wildman–Crippen LogP) is 1.16. The third kappa shape index (κ3) is 3.77. The van der Waals surface area contributed by atoms with Crippen LogP contribution in [0.1, 0.15) is 11.9 Å². The number of amides is 1. The first kappa shape index (κ1) is 18.5. The molecule has 1 fully saturated rings. The number of aromatic nitrogens is 2. The Morgan fingerprint density at radius 1 is 1.38 bits per heavy atom. The van der Waals surface area contributed by atoms with Crippen LogP contribution in [0.4, 0.5) is 5.69 Å². The van der Waals surface area contributed by atoms with Crippen LogP contribution in [0.15, 0.2) is 30.6 Å².